The number of amides is 1. The number of hydrazone groups is 1. The van der Waals surface area contributed by atoms with Gasteiger partial charge in [-0.05, 0) is 54.9 Å². The van der Waals surface area contributed by atoms with E-state index in [0.717, 1.165) is 59.7 Å². The normalized spacial score (nSPS) is 17.4. The number of rotatable bonds is 10. The maximum Gasteiger partial charge on any atom is 0.243 e. The van der Waals surface area contributed by atoms with Crippen LogP contribution < -0.4 is 5.43 Å². The monoisotopic (exact) mass is 518 g/mol. The van der Waals surface area contributed by atoms with Crippen molar-refractivity contribution in [2.45, 2.75) is 58.3 Å². The van der Waals surface area contributed by atoms with E-state index in [1.54, 1.807) is 6.21 Å². The third-order valence-corrected chi connectivity index (χ3v) is 7.84. The van der Waals surface area contributed by atoms with Gasteiger partial charge in [-0.1, -0.05) is 105 Å². The zero-order valence-corrected chi connectivity index (χ0v) is 22.8. The van der Waals surface area contributed by atoms with Crippen LogP contribution in [0.25, 0.3) is 28.1 Å². The quantitative estimate of drug-likeness (QED) is 0.131. The van der Waals surface area contributed by atoms with E-state index in [4.69, 9.17) is 5.10 Å². The van der Waals surface area contributed by atoms with Gasteiger partial charge >= 0.3 is 0 Å². The molecule has 1 fully saturated rings. The number of unbranched alkanes of at least 4 members (excludes halogenated alkanes) is 2. The SMILES string of the molecule is CCCCCC1CCC(C(=O)NN=Cc2cn(-c3ccccc3)nc2-c2ccc(-c3ccccc3)cc2)CC1. The van der Waals surface area contributed by atoms with Crippen LogP contribution in [0.4, 0.5) is 0 Å². The summed E-state index contributed by atoms with van der Waals surface area (Å²) in [5, 5.41) is 9.27. The summed E-state index contributed by atoms with van der Waals surface area (Å²) >= 11 is 0. The Morgan fingerprint density at radius 2 is 1.51 bits per heavy atom. The Morgan fingerprint density at radius 3 is 2.21 bits per heavy atom. The molecule has 1 aromatic heterocycles. The van der Waals surface area contributed by atoms with Crippen molar-refractivity contribution < 1.29 is 4.79 Å². The Labute approximate surface area is 232 Å². The average Bonchev–Trinajstić information content (AvgIpc) is 3.43. The maximum absolute atomic E-state index is 12.9. The van der Waals surface area contributed by atoms with E-state index in [9.17, 15) is 4.79 Å². The van der Waals surface area contributed by atoms with E-state index < -0.39 is 0 Å². The highest BCUT2D eigenvalue weighted by Crippen LogP contribution is 2.32. The first kappa shape index (κ1) is 26.6. The predicted molar refractivity (Wildman–Crippen MR) is 160 cm³/mol. The van der Waals surface area contributed by atoms with Gasteiger partial charge in [-0.25, -0.2) is 10.1 Å². The summed E-state index contributed by atoms with van der Waals surface area (Å²) in [6.45, 7) is 2.25. The summed E-state index contributed by atoms with van der Waals surface area (Å²) < 4.78 is 1.86. The molecule has 200 valence electrons. The van der Waals surface area contributed by atoms with Crippen molar-refractivity contribution in [1.29, 1.82) is 0 Å². The molecule has 1 amide bonds. The Hall–Kier alpha value is -3.99. The predicted octanol–water partition coefficient (Wildman–Crippen LogP) is 8.04. The molecular formula is C34H38N4O. The third-order valence-electron chi connectivity index (χ3n) is 7.84. The molecule has 0 radical (unpaired) electrons. The van der Waals surface area contributed by atoms with Gasteiger partial charge in [-0.2, -0.15) is 10.2 Å². The van der Waals surface area contributed by atoms with E-state index in [1.807, 2.05) is 59.4 Å². The number of hydrogen-bond acceptors (Lipinski definition) is 3. The largest absolute Gasteiger partial charge is 0.273 e. The Morgan fingerprint density at radius 1 is 0.872 bits per heavy atom. The van der Waals surface area contributed by atoms with Gasteiger partial charge in [-0.3, -0.25) is 4.79 Å². The van der Waals surface area contributed by atoms with Crippen LogP contribution in [-0.2, 0) is 4.79 Å². The van der Waals surface area contributed by atoms with Crippen LogP contribution in [0, 0.1) is 11.8 Å². The zero-order valence-electron chi connectivity index (χ0n) is 22.8. The number of nitrogens with zero attached hydrogens (tertiary/aromatic N) is 3. The molecule has 1 aliphatic rings. The van der Waals surface area contributed by atoms with Crippen LogP contribution in [0.1, 0.15) is 63.9 Å². The molecule has 39 heavy (non-hydrogen) atoms. The lowest BCUT2D eigenvalue weighted by molar-refractivity contribution is -0.126. The average molecular weight is 519 g/mol. The summed E-state index contributed by atoms with van der Waals surface area (Å²) in [7, 11) is 0. The van der Waals surface area contributed by atoms with E-state index in [-0.39, 0.29) is 11.8 Å². The molecule has 5 heteroatoms. The molecular weight excluding hydrogens is 480 g/mol. The van der Waals surface area contributed by atoms with Gasteiger partial charge in [-0.15, -0.1) is 0 Å². The lowest BCUT2D eigenvalue weighted by Gasteiger charge is -2.27. The summed E-state index contributed by atoms with van der Waals surface area (Å²) in [5.41, 5.74) is 8.80. The molecule has 3 aromatic carbocycles. The summed E-state index contributed by atoms with van der Waals surface area (Å²) in [5.74, 6) is 0.868. The minimum absolute atomic E-state index is 0.0301. The molecule has 0 bridgehead atoms. The summed E-state index contributed by atoms with van der Waals surface area (Å²) in [4.78, 5) is 12.9. The van der Waals surface area contributed by atoms with Crippen LogP contribution in [0.15, 0.2) is 96.2 Å². The first-order valence-electron chi connectivity index (χ1n) is 14.3. The summed E-state index contributed by atoms with van der Waals surface area (Å²) in [6.07, 6.45) is 13.1. The molecule has 1 N–H and O–H groups in total. The molecule has 1 heterocycles. The van der Waals surface area contributed by atoms with Crippen molar-refractivity contribution in [1.82, 2.24) is 15.2 Å². The topological polar surface area (TPSA) is 59.3 Å². The molecule has 0 saturated heterocycles. The second kappa shape index (κ2) is 13.2. The van der Waals surface area contributed by atoms with Crippen LogP contribution in [0.2, 0.25) is 0 Å². The zero-order chi connectivity index (χ0) is 26.9. The molecule has 1 aliphatic carbocycles. The fourth-order valence-corrected chi connectivity index (χ4v) is 5.52. The van der Waals surface area contributed by atoms with Gasteiger partial charge in [0.2, 0.25) is 5.91 Å². The second-order valence-corrected chi connectivity index (χ2v) is 10.6. The van der Waals surface area contributed by atoms with E-state index >= 15 is 0 Å². The highest BCUT2D eigenvalue weighted by Gasteiger charge is 2.25. The van der Waals surface area contributed by atoms with Gasteiger partial charge in [0.15, 0.2) is 0 Å². The van der Waals surface area contributed by atoms with Gasteiger partial charge in [0.05, 0.1) is 11.9 Å². The number of para-hydroxylation sites is 1. The van der Waals surface area contributed by atoms with Crippen molar-refractivity contribution in [2.75, 3.05) is 0 Å². The van der Waals surface area contributed by atoms with Crippen LogP contribution >= 0.6 is 0 Å². The summed E-state index contributed by atoms with van der Waals surface area (Å²) in [6, 6.07) is 28.8. The van der Waals surface area contributed by atoms with Crippen LogP contribution in [0.5, 0.6) is 0 Å². The van der Waals surface area contributed by atoms with Crippen molar-refractivity contribution in [3.63, 3.8) is 0 Å². The molecule has 0 unspecified atom stereocenters. The molecule has 0 aliphatic heterocycles. The minimum atomic E-state index is 0.0301. The first-order chi connectivity index (χ1) is 19.2. The number of hydrogen-bond donors (Lipinski definition) is 1. The number of carbonyl (C=O) groups is 1. The molecule has 0 spiro atoms. The van der Waals surface area contributed by atoms with Crippen LogP contribution in [0.3, 0.4) is 0 Å². The van der Waals surface area contributed by atoms with E-state index in [0.29, 0.717) is 0 Å². The van der Waals surface area contributed by atoms with Crippen molar-refractivity contribution >= 4 is 12.1 Å². The Kier molecular flexibility index (Phi) is 9.00. The van der Waals surface area contributed by atoms with Gasteiger partial charge in [0.1, 0.15) is 5.69 Å². The lowest BCUT2D eigenvalue weighted by Crippen LogP contribution is -2.30. The van der Waals surface area contributed by atoms with E-state index in [1.165, 1.54) is 31.2 Å². The van der Waals surface area contributed by atoms with Crippen molar-refractivity contribution in [2.24, 2.45) is 16.9 Å². The Bertz CT molecular complexity index is 1350. The number of benzene rings is 3. The van der Waals surface area contributed by atoms with Crippen LogP contribution in [-0.4, -0.2) is 21.9 Å². The molecule has 5 rings (SSSR count). The molecule has 4 aromatic rings. The van der Waals surface area contributed by atoms with Gasteiger partial charge in [0, 0.05) is 23.2 Å². The minimum Gasteiger partial charge on any atom is -0.273 e. The van der Waals surface area contributed by atoms with E-state index in [2.05, 4.69) is 53.8 Å². The van der Waals surface area contributed by atoms with Crippen molar-refractivity contribution in [3.05, 3.63) is 96.7 Å². The van der Waals surface area contributed by atoms with Crippen molar-refractivity contribution in [3.8, 4) is 28.1 Å². The highest BCUT2D eigenvalue weighted by atomic mass is 16.2. The highest BCUT2D eigenvalue weighted by molar-refractivity contribution is 5.90. The number of aromatic nitrogens is 2. The number of nitrogens with one attached hydrogen (secondary N) is 1. The second-order valence-electron chi connectivity index (χ2n) is 10.6. The fraction of sp³-hybridized carbons (Fsp3) is 0.324. The standard InChI is InChI=1S/C34H38N4O/c1-2-3-6-11-26-16-18-30(19-17-26)34(39)36-35-24-31-25-38(32-14-9-5-10-15-32)37-33(31)29-22-20-28(21-23-29)27-12-7-4-8-13-27/h4-5,7-10,12-15,20-26,30H,2-3,6,11,16-19H2,1H3,(H,36,39). The molecule has 1 saturated carbocycles. The maximum atomic E-state index is 12.9. The fourth-order valence-electron chi connectivity index (χ4n) is 5.52. The Balaban J connectivity index is 1.29. The van der Waals surface area contributed by atoms with Gasteiger partial charge < -0.3 is 0 Å². The van der Waals surface area contributed by atoms with Gasteiger partial charge in [0.25, 0.3) is 0 Å². The lowest BCUT2D eigenvalue weighted by atomic mass is 9.79. The number of carbonyl (C=O) groups excluding carboxylic acids is 1. The molecule has 0 atom stereocenters. The molecule has 5 nitrogen and oxygen atoms in total. The third kappa shape index (κ3) is 6.91. The smallest absolute Gasteiger partial charge is 0.243 e. The first-order valence-corrected chi connectivity index (χ1v) is 14.3.